The van der Waals surface area contributed by atoms with E-state index in [1.165, 1.54) is 11.3 Å². The van der Waals surface area contributed by atoms with Crippen LogP contribution in [0.15, 0.2) is 16.7 Å². The molecule has 5 heteroatoms. The van der Waals surface area contributed by atoms with Crippen molar-refractivity contribution in [3.05, 3.63) is 28.5 Å². The van der Waals surface area contributed by atoms with Crippen molar-refractivity contribution in [3.8, 4) is 11.1 Å². The Morgan fingerprint density at radius 1 is 1.56 bits per heavy atom. The van der Waals surface area contributed by atoms with Crippen molar-refractivity contribution in [1.82, 2.24) is 0 Å². The number of furan rings is 1. The van der Waals surface area contributed by atoms with E-state index < -0.39 is 0 Å². The average Bonchev–Trinajstić information content (AvgIpc) is 2.90. The van der Waals surface area contributed by atoms with Crippen molar-refractivity contribution in [3.63, 3.8) is 0 Å². The smallest absolute Gasteiger partial charge is 0.341 e. The maximum atomic E-state index is 12.0. The van der Waals surface area contributed by atoms with Crippen molar-refractivity contribution in [2.24, 2.45) is 0 Å². The number of fused-ring (bicyclic) bond motifs is 3. The second-order valence-electron chi connectivity index (χ2n) is 4.12. The molecule has 0 spiro atoms. The summed E-state index contributed by atoms with van der Waals surface area (Å²) >= 11 is 1.47. The van der Waals surface area contributed by atoms with E-state index in [1.54, 1.807) is 13.2 Å². The zero-order valence-electron chi connectivity index (χ0n) is 9.99. The maximum absolute atomic E-state index is 12.0. The van der Waals surface area contributed by atoms with Gasteiger partial charge in [-0.2, -0.15) is 0 Å². The second kappa shape index (κ2) is 4.17. The predicted molar refractivity (Wildman–Crippen MR) is 69.8 cm³/mol. The van der Waals surface area contributed by atoms with Crippen LogP contribution in [0.25, 0.3) is 11.1 Å². The Hall–Kier alpha value is -1.75. The fraction of sp³-hybridized carbons (Fsp3) is 0.308. The molecule has 1 aliphatic rings. The molecule has 0 bridgehead atoms. The summed E-state index contributed by atoms with van der Waals surface area (Å²) in [5.41, 5.74) is 8.35. The Balaban J connectivity index is 2.18. The van der Waals surface area contributed by atoms with E-state index in [-0.39, 0.29) is 5.97 Å². The van der Waals surface area contributed by atoms with Crippen molar-refractivity contribution in [2.45, 2.75) is 19.8 Å². The van der Waals surface area contributed by atoms with Gasteiger partial charge < -0.3 is 14.9 Å². The van der Waals surface area contributed by atoms with Gasteiger partial charge in [0.1, 0.15) is 16.3 Å². The number of thiophene rings is 1. The number of esters is 1. The van der Waals surface area contributed by atoms with Crippen LogP contribution in [0.5, 0.6) is 0 Å². The molecular formula is C13H13NO3S. The Morgan fingerprint density at radius 2 is 2.39 bits per heavy atom. The van der Waals surface area contributed by atoms with E-state index in [1.807, 2.05) is 6.07 Å². The Bertz CT molecular complexity index is 612. The van der Waals surface area contributed by atoms with Crippen LogP contribution in [0.1, 0.15) is 27.9 Å². The lowest BCUT2D eigenvalue weighted by molar-refractivity contribution is 0.0529. The number of rotatable bonds is 2. The zero-order valence-corrected chi connectivity index (χ0v) is 10.8. The van der Waals surface area contributed by atoms with Gasteiger partial charge in [-0.05, 0) is 19.4 Å². The highest BCUT2D eigenvalue weighted by molar-refractivity contribution is 7.17. The Labute approximate surface area is 108 Å². The van der Waals surface area contributed by atoms with Gasteiger partial charge in [0.2, 0.25) is 0 Å². The number of carbonyl (C=O) groups is 1. The number of ether oxygens (including phenoxy) is 1. The largest absolute Gasteiger partial charge is 0.469 e. The molecule has 94 valence electrons. The summed E-state index contributed by atoms with van der Waals surface area (Å²) in [7, 11) is 0. The van der Waals surface area contributed by atoms with Crippen molar-refractivity contribution in [2.75, 3.05) is 12.3 Å². The fourth-order valence-corrected chi connectivity index (χ4v) is 3.42. The molecule has 2 aromatic rings. The van der Waals surface area contributed by atoms with Gasteiger partial charge in [0, 0.05) is 22.4 Å². The minimum absolute atomic E-state index is 0.346. The second-order valence-corrected chi connectivity index (χ2v) is 5.25. The first kappa shape index (κ1) is 11.3. The summed E-state index contributed by atoms with van der Waals surface area (Å²) in [4.78, 5) is 13.1. The van der Waals surface area contributed by atoms with Crippen LogP contribution in [-0.4, -0.2) is 12.6 Å². The highest BCUT2D eigenvalue weighted by Gasteiger charge is 2.29. The molecular weight excluding hydrogens is 250 g/mol. The highest BCUT2D eigenvalue weighted by Crippen LogP contribution is 2.44. The summed E-state index contributed by atoms with van der Waals surface area (Å²) in [5.74, 6) is 0.576. The molecule has 2 N–H and O–H groups in total. The topological polar surface area (TPSA) is 65.5 Å². The molecule has 18 heavy (non-hydrogen) atoms. The van der Waals surface area contributed by atoms with Crippen LogP contribution < -0.4 is 5.73 Å². The lowest BCUT2D eigenvalue weighted by Crippen LogP contribution is -2.09. The van der Waals surface area contributed by atoms with Gasteiger partial charge in [0.15, 0.2) is 0 Å². The molecule has 0 unspecified atom stereocenters. The first-order chi connectivity index (χ1) is 8.72. The minimum Gasteiger partial charge on any atom is -0.469 e. The van der Waals surface area contributed by atoms with Crippen molar-refractivity contribution in [1.29, 1.82) is 0 Å². The van der Waals surface area contributed by atoms with E-state index in [9.17, 15) is 4.79 Å². The molecule has 1 aliphatic carbocycles. The van der Waals surface area contributed by atoms with Crippen molar-refractivity contribution < 1.29 is 13.9 Å². The number of nitrogen functional groups attached to an aromatic ring is 1. The molecule has 0 aliphatic heterocycles. The molecule has 2 aromatic heterocycles. The molecule has 0 saturated heterocycles. The van der Waals surface area contributed by atoms with Crippen LogP contribution in [0, 0.1) is 0 Å². The molecule has 0 amide bonds. The number of aryl methyl sites for hydroxylation is 2. The Kier molecular flexibility index (Phi) is 2.63. The molecule has 0 radical (unpaired) electrons. The van der Waals surface area contributed by atoms with Gasteiger partial charge in [-0.3, -0.25) is 0 Å². The van der Waals surface area contributed by atoms with E-state index in [0.717, 1.165) is 34.6 Å². The monoisotopic (exact) mass is 263 g/mol. The number of hydrogen-bond acceptors (Lipinski definition) is 5. The quantitative estimate of drug-likeness (QED) is 0.846. The fourth-order valence-electron chi connectivity index (χ4n) is 2.35. The first-order valence-electron chi connectivity index (χ1n) is 5.87. The SMILES string of the molecule is CCOC(=O)c1c(N)sc2c1-c1ccoc1CC2. The van der Waals surface area contributed by atoms with Gasteiger partial charge in [-0.25, -0.2) is 4.79 Å². The predicted octanol–water partition coefficient (Wildman–Crippen LogP) is 2.87. The van der Waals surface area contributed by atoms with E-state index >= 15 is 0 Å². The summed E-state index contributed by atoms with van der Waals surface area (Å²) in [6.07, 6.45) is 3.38. The molecule has 0 fully saturated rings. The summed E-state index contributed by atoms with van der Waals surface area (Å²) < 4.78 is 10.5. The third-order valence-electron chi connectivity index (χ3n) is 3.08. The standard InChI is InChI=1S/C13H13NO3S/c1-2-16-13(15)11-10-7-5-6-17-8(7)3-4-9(10)18-12(11)14/h5-6H,2-4,14H2,1H3. The van der Waals surface area contributed by atoms with Gasteiger partial charge in [0.25, 0.3) is 0 Å². The third kappa shape index (κ3) is 1.54. The molecule has 0 atom stereocenters. The third-order valence-corrected chi connectivity index (χ3v) is 4.16. The molecule has 3 rings (SSSR count). The van der Waals surface area contributed by atoms with Gasteiger partial charge >= 0.3 is 5.97 Å². The normalized spacial score (nSPS) is 12.9. The number of anilines is 1. The van der Waals surface area contributed by atoms with Crippen molar-refractivity contribution >= 4 is 22.3 Å². The lowest BCUT2D eigenvalue weighted by Gasteiger charge is -2.12. The molecule has 4 nitrogen and oxygen atoms in total. The van der Waals surface area contributed by atoms with E-state index in [2.05, 4.69) is 0 Å². The van der Waals surface area contributed by atoms with E-state index in [0.29, 0.717) is 17.2 Å². The lowest BCUT2D eigenvalue weighted by atomic mass is 9.93. The molecule has 0 saturated carbocycles. The molecule has 0 aromatic carbocycles. The number of carbonyl (C=O) groups excluding carboxylic acids is 1. The number of nitrogens with two attached hydrogens (primary N) is 1. The zero-order chi connectivity index (χ0) is 12.7. The van der Waals surface area contributed by atoms with Crippen LogP contribution in [0.2, 0.25) is 0 Å². The molecule has 2 heterocycles. The first-order valence-corrected chi connectivity index (χ1v) is 6.69. The van der Waals surface area contributed by atoms with Gasteiger partial charge in [-0.15, -0.1) is 11.3 Å². The average molecular weight is 263 g/mol. The summed E-state index contributed by atoms with van der Waals surface area (Å²) in [6.45, 7) is 2.14. The van der Waals surface area contributed by atoms with E-state index in [4.69, 9.17) is 14.9 Å². The van der Waals surface area contributed by atoms with Crippen LogP contribution in [0.3, 0.4) is 0 Å². The summed E-state index contributed by atoms with van der Waals surface area (Å²) in [6, 6.07) is 1.89. The Morgan fingerprint density at radius 3 is 3.17 bits per heavy atom. The van der Waals surface area contributed by atoms with Gasteiger partial charge in [-0.1, -0.05) is 0 Å². The minimum atomic E-state index is -0.346. The van der Waals surface area contributed by atoms with Crippen LogP contribution in [0.4, 0.5) is 5.00 Å². The highest BCUT2D eigenvalue weighted by atomic mass is 32.1. The van der Waals surface area contributed by atoms with Gasteiger partial charge in [0.05, 0.1) is 12.9 Å². The maximum Gasteiger partial charge on any atom is 0.341 e. The summed E-state index contributed by atoms with van der Waals surface area (Å²) in [5, 5.41) is 0.535. The number of hydrogen-bond donors (Lipinski definition) is 1. The van der Waals surface area contributed by atoms with Crippen LogP contribution >= 0.6 is 11.3 Å². The van der Waals surface area contributed by atoms with Crippen LogP contribution in [-0.2, 0) is 17.6 Å².